The summed E-state index contributed by atoms with van der Waals surface area (Å²) in [5.41, 5.74) is 0.713. The van der Waals surface area contributed by atoms with E-state index in [0.29, 0.717) is 11.4 Å². The molecule has 3 rings (SSSR count). The van der Waals surface area contributed by atoms with Crippen molar-refractivity contribution in [2.75, 3.05) is 4.90 Å². The molecule has 1 heterocycles. The number of anilines is 1. The topological polar surface area (TPSA) is 53.3 Å². The summed E-state index contributed by atoms with van der Waals surface area (Å²) in [7, 11) is 0. The van der Waals surface area contributed by atoms with Crippen LogP contribution in [0, 0.1) is 11.3 Å². The molecule has 20 heavy (non-hydrogen) atoms. The van der Waals surface area contributed by atoms with Gasteiger partial charge in [0.25, 0.3) is 0 Å². The normalized spacial score (nSPS) is 16.4. The van der Waals surface area contributed by atoms with E-state index in [0.717, 1.165) is 4.90 Å². The molecule has 2 aromatic carbocycles. The largest absolute Gasteiger partial charge is 0.421 e. The minimum atomic E-state index is -0.594. The second kappa shape index (κ2) is 5.27. The fourth-order valence-electron chi connectivity index (χ4n) is 1.97. The first-order valence-electron chi connectivity index (χ1n) is 6.01. The molecule has 0 fully saturated rings. The summed E-state index contributed by atoms with van der Waals surface area (Å²) in [5, 5.41) is 8.61. The number of nitrogens with zero attached hydrogens (tertiary/aromatic N) is 2. The summed E-state index contributed by atoms with van der Waals surface area (Å²) < 4.78 is 5.31. The zero-order valence-electron chi connectivity index (χ0n) is 10.4. The number of thioether (sulfide) groups is 1. The number of benzene rings is 2. The number of ether oxygens (including phenoxy) is 1. The highest BCUT2D eigenvalue weighted by molar-refractivity contribution is 8.00. The first kappa shape index (κ1) is 12.6. The van der Waals surface area contributed by atoms with Gasteiger partial charge in [-0.25, -0.2) is 4.79 Å². The SMILES string of the molecule is N#C[C@H]1Sc2ccccc2N1C(=O)Oc1ccccc1. The summed E-state index contributed by atoms with van der Waals surface area (Å²) in [6.07, 6.45) is -0.541. The van der Waals surface area contributed by atoms with Crippen molar-refractivity contribution in [3.63, 3.8) is 0 Å². The van der Waals surface area contributed by atoms with Gasteiger partial charge >= 0.3 is 6.09 Å². The lowest BCUT2D eigenvalue weighted by Crippen LogP contribution is -2.37. The highest BCUT2D eigenvalue weighted by Gasteiger charge is 2.35. The fraction of sp³-hybridized carbons (Fsp3) is 0.0667. The van der Waals surface area contributed by atoms with Crippen LogP contribution in [0.15, 0.2) is 59.5 Å². The van der Waals surface area contributed by atoms with Gasteiger partial charge in [0.05, 0.1) is 11.8 Å². The molecular weight excluding hydrogens is 272 g/mol. The average Bonchev–Trinajstić information content (AvgIpc) is 2.86. The van der Waals surface area contributed by atoms with Gasteiger partial charge in [-0.05, 0) is 24.3 Å². The van der Waals surface area contributed by atoms with Gasteiger partial charge in [-0.15, -0.1) is 0 Å². The highest BCUT2D eigenvalue weighted by atomic mass is 32.2. The monoisotopic (exact) mass is 282 g/mol. The van der Waals surface area contributed by atoms with Gasteiger partial charge in [0.2, 0.25) is 0 Å². The van der Waals surface area contributed by atoms with E-state index in [-0.39, 0.29) is 0 Å². The maximum Gasteiger partial charge on any atom is 0.421 e. The van der Waals surface area contributed by atoms with Gasteiger partial charge in [-0.2, -0.15) is 5.26 Å². The maximum absolute atomic E-state index is 12.3. The van der Waals surface area contributed by atoms with Crippen molar-refractivity contribution in [2.24, 2.45) is 0 Å². The van der Waals surface area contributed by atoms with Crippen molar-refractivity contribution in [1.82, 2.24) is 0 Å². The Hall–Kier alpha value is -2.45. The number of hydrogen-bond acceptors (Lipinski definition) is 4. The fourth-order valence-corrected chi connectivity index (χ4v) is 3.01. The van der Waals surface area contributed by atoms with Gasteiger partial charge < -0.3 is 4.74 Å². The second-order valence-corrected chi connectivity index (χ2v) is 5.24. The van der Waals surface area contributed by atoms with Gasteiger partial charge in [-0.3, -0.25) is 4.90 Å². The van der Waals surface area contributed by atoms with Crippen molar-refractivity contribution >= 4 is 23.5 Å². The Morgan fingerprint density at radius 3 is 2.60 bits per heavy atom. The van der Waals surface area contributed by atoms with Crippen LogP contribution in [0.4, 0.5) is 10.5 Å². The van der Waals surface area contributed by atoms with Crippen molar-refractivity contribution in [3.8, 4) is 11.8 Å². The molecule has 0 aromatic heterocycles. The molecule has 0 spiro atoms. The second-order valence-electron chi connectivity index (χ2n) is 4.12. The minimum Gasteiger partial charge on any atom is -0.410 e. The molecule has 0 saturated heterocycles. The van der Waals surface area contributed by atoms with Crippen LogP contribution in [0.1, 0.15) is 0 Å². The molecule has 1 atom stereocenters. The van der Waals surface area contributed by atoms with Gasteiger partial charge in [-0.1, -0.05) is 42.1 Å². The van der Waals surface area contributed by atoms with E-state index < -0.39 is 11.5 Å². The third-order valence-corrected chi connectivity index (χ3v) is 3.99. The molecule has 0 saturated carbocycles. The first-order valence-corrected chi connectivity index (χ1v) is 6.89. The lowest BCUT2D eigenvalue weighted by molar-refractivity contribution is 0.208. The Morgan fingerprint density at radius 2 is 1.85 bits per heavy atom. The van der Waals surface area contributed by atoms with E-state index >= 15 is 0 Å². The van der Waals surface area contributed by atoms with Gasteiger partial charge in [0.1, 0.15) is 5.75 Å². The van der Waals surface area contributed by atoms with E-state index in [1.54, 1.807) is 24.3 Å². The molecule has 2 aromatic rings. The number of nitriles is 1. The quantitative estimate of drug-likeness (QED) is 0.801. The summed E-state index contributed by atoms with van der Waals surface area (Å²) >= 11 is 1.35. The van der Waals surface area contributed by atoms with Crippen molar-refractivity contribution < 1.29 is 9.53 Å². The Bertz CT molecular complexity index is 682. The van der Waals surface area contributed by atoms with E-state index in [1.165, 1.54) is 16.7 Å². The van der Waals surface area contributed by atoms with Crippen LogP contribution in [0.3, 0.4) is 0 Å². The van der Waals surface area contributed by atoms with E-state index in [9.17, 15) is 10.1 Å². The number of carbonyl (C=O) groups excluding carboxylic acids is 1. The smallest absolute Gasteiger partial charge is 0.410 e. The van der Waals surface area contributed by atoms with Crippen LogP contribution < -0.4 is 9.64 Å². The lowest BCUT2D eigenvalue weighted by atomic mass is 10.3. The number of hydrogen-bond donors (Lipinski definition) is 0. The average molecular weight is 282 g/mol. The van der Waals surface area contributed by atoms with Crippen LogP contribution in [0.25, 0.3) is 0 Å². The third kappa shape index (κ3) is 2.22. The molecule has 1 amide bonds. The summed E-state index contributed by atoms with van der Waals surface area (Å²) in [5.74, 6) is 0.462. The molecule has 4 nitrogen and oxygen atoms in total. The summed E-state index contributed by atoms with van der Waals surface area (Å²) in [6.45, 7) is 0. The number of para-hydroxylation sites is 2. The summed E-state index contributed by atoms with van der Waals surface area (Å²) in [4.78, 5) is 14.6. The maximum atomic E-state index is 12.3. The van der Waals surface area contributed by atoms with E-state index in [4.69, 9.17) is 4.74 Å². The van der Waals surface area contributed by atoms with Gasteiger partial charge in [0.15, 0.2) is 5.37 Å². The van der Waals surface area contributed by atoms with Crippen LogP contribution in [0.5, 0.6) is 5.75 Å². The molecular formula is C15H10N2O2S. The Kier molecular flexibility index (Phi) is 3.32. The molecule has 0 radical (unpaired) electrons. The molecule has 1 aliphatic heterocycles. The molecule has 98 valence electrons. The molecule has 0 N–H and O–H groups in total. The molecule has 5 heteroatoms. The molecule has 0 unspecified atom stereocenters. The summed E-state index contributed by atoms with van der Waals surface area (Å²) in [6, 6.07) is 18.4. The Labute approximate surface area is 120 Å². The lowest BCUT2D eigenvalue weighted by Gasteiger charge is -2.19. The predicted molar refractivity (Wildman–Crippen MR) is 76.6 cm³/mol. The van der Waals surface area contributed by atoms with Crippen LogP contribution in [-0.4, -0.2) is 11.5 Å². The van der Waals surface area contributed by atoms with Crippen molar-refractivity contribution in [1.29, 1.82) is 5.26 Å². The van der Waals surface area contributed by atoms with E-state index in [2.05, 4.69) is 6.07 Å². The highest BCUT2D eigenvalue weighted by Crippen LogP contribution is 2.43. The standard InChI is InChI=1S/C15H10N2O2S/c16-10-14-17(12-8-4-5-9-13(12)20-14)15(18)19-11-6-2-1-3-7-11/h1-9,14H/t14-/m1/s1. The van der Waals surface area contributed by atoms with Crippen LogP contribution in [-0.2, 0) is 0 Å². The third-order valence-electron chi connectivity index (χ3n) is 2.85. The van der Waals surface area contributed by atoms with Crippen LogP contribution >= 0.6 is 11.8 Å². The number of amides is 1. The zero-order chi connectivity index (χ0) is 13.9. The predicted octanol–water partition coefficient (Wildman–Crippen LogP) is 3.65. The molecule has 0 aliphatic carbocycles. The minimum absolute atomic E-state index is 0.462. The molecule has 1 aliphatic rings. The van der Waals surface area contributed by atoms with Crippen molar-refractivity contribution in [2.45, 2.75) is 10.3 Å². The molecule has 0 bridgehead atoms. The number of fused-ring (bicyclic) bond motifs is 1. The van der Waals surface area contributed by atoms with E-state index in [1.807, 2.05) is 30.3 Å². The first-order chi connectivity index (χ1) is 9.79. The van der Waals surface area contributed by atoms with Crippen LogP contribution in [0.2, 0.25) is 0 Å². The van der Waals surface area contributed by atoms with Gasteiger partial charge in [0, 0.05) is 4.90 Å². The number of carbonyl (C=O) groups is 1. The Balaban J connectivity index is 1.88. The zero-order valence-corrected chi connectivity index (χ0v) is 11.2. The number of rotatable bonds is 1. The Morgan fingerprint density at radius 1 is 1.15 bits per heavy atom. The van der Waals surface area contributed by atoms with Crippen molar-refractivity contribution in [3.05, 3.63) is 54.6 Å².